The second-order valence-corrected chi connectivity index (χ2v) is 7.19. The molecule has 1 rings (SSSR count). The molecule has 1 aliphatic rings. The molecule has 135 valence electrons. The Morgan fingerprint density at radius 3 is 1.96 bits per heavy atom. The molecule has 1 radical (unpaired) electrons. The maximum Gasteiger partial charge on any atom is 0.437 e. The second kappa shape index (κ2) is 6.44. The minimum Gasteiger partial charge on any atom is -0.267 e. The van der Waals surface area contributed by atoms with Crippen molar-refractivity contribution >= 4 is 39.3 Å². The SMILES string of the molecule is CCCC1(Br)[C](Cl)C(C)C=C(C(F)(C(F)(F)F)C(F)(F)F)N1Cl. The highest BCUT2D eigenvalue weighted by Gasteiger charge is 2.77. The molecule has 1 nitrogen and oxygen atoms in total. The normalized spacial score (nSPS) is 28.1. The highest BCUT2D eigenvalue weighted by molar-refractivity contribution is 9.10. The summed E-state index contributed by atoms with van der Waals surface area (Å²) >= 11 is 14.7. The van der Waals surface area contributed by atoms with Gasteiger partial charge in [0, 0.05) is 17.7 Å². The summed E-state index contributed by atoms with van der Waals surface area (Å²) in [4.78, 5) is 0. The van der Waals surface area contributed by atoms with E-state index in [9.17, 15) is 30.7 Å². The molecule has 0 aromatic heterocycles. The first-order valence-corrected chi connectivity index (χ1v) is 7.87. The molecule has 2 unspecified atom stereocenters. The van der Waals surface area contributed by atoms with Crippen molar-refractivity contribution in [3.8, 4) is 0 Å². The molecule has 0 saturated heterocycles. The molecule has 23 heavy (non-hydrogen) atoms. The first kappa shape index (κ1) is 21.2. The van der Waals surface area contributed by atoms with Gasteiger partial charge in [0.15, 0.2) is 0 Å². The summed E-state index contributed by atoms with van der Waals surface area (Å²) in [7, 11) is 0. The van der Waals surface area contributed by atoms with E-state index in [0.29, 0.717) is 12.5 Å². The van der Waals surface area contributed by atoms with Gasteiger partial charge in [0.2, 0.25) is 0 Å². The van der Waals surface area contributed by atoms with Crippen molar-refractivity contribution in [1.82, 2.24) is 4.42 Å². The average Bonchev–Trinajstić information content (AvgIpc) is 2.38. The number of halogens is 10. The smallest absolute Gasteiger partial charge is 0.267 e. The summed E-state index contributed by atoms with van der Waals surface area (Å²) in [5.41, 5.74) is -7.36. The molecular weight excluding hydrogens is 442 g/mol. The number of hydrogen-bond donors (Lipinski definition) is 0. The average molecular weight is 454 g/mol. The minimum absolute atomic E-state index is 0.0250. The topological polar surface area (TPSA) is 3.24 Å². The highest BCUT2D eigenvalue weighted by Crippen LogP contribution is 2.59. The molecular formula is C12H12BrCl2F7N. The van der Waals surface area contributed by atoms with Gasteiger partial charge >= 0.3 is 18.0 Å². The molecule has 0 spiro atoms. The van der Waals surface area contributed by atoms with Crippen molar-refractivity contribution in [2.75, 3.05) is 0 Å². The van der Waals surface area contributed by atoms with E-state index in [-0.39, 0.29) is 16.2 Å². The maximum absolute atomic E-state index is 14.3. The predicted octanol–water partition coefficient (Wildman–Crippen LogP) is 6.47. The Kier molecular flexibility index (Phi) is 5.92. The fraction of sp³-hybridized carbons (Fsp3) is 0.750. The van der Waals surface area contributed by atoms with Crippen molar-refractivity contribution in [2.24, 2.45) is 5.92 Å². The van der Waals surface area contributed by atoms with E-state index in [2.05, 4.69) is 15.9 Å². The molecule has 0 saturated carbocycles. The van der Waals surface area contributed by atoms with Crippen LogP contribution in [0.1, 0.15) is 26.7 Å². The summed E-state index contributed by atoms with van der Waals surface area (Å²) in [6.45, 7) is 2.88. The fourth-order valence-corrected chi connectivity index (χ4v) is 3.84. The Morgan fingerprint density at radius 1 is 1.17 bits per heavy atom. The lowest BCUT2D eigenvalue weighted by molar-refractivity contribution is -0.330. The number of alkyl halides is 8. The van der Waals surface area contributed by atoms with Crippen LogP contribution < -0.4 is 0 Å². The van der Waals surface area contributed by atoms with Gasteiger partial charge in [-0.3, -0.25) is 4.42 Å². The van der Waals surface area contributed by atoms with Crippen LogP contribution in [0.4, 0.5) is 30.7 Å². The largest absolute Gasteiger partial charge is 0.437 e. The molecule has 2 atom stereocenters. The Hall–Kier alpha value is 0.110. The standard InChI is InChI=1S/C12H12BrCl2F7N/c1-3-4-9(13)8(14)6(2)5-7(23(9)15)10(16,11(17,18)19)12(20,21)22/h5-6H,3-4H2,1-2H3. The fourth-order valence-electron chi connectivity index (χ4n) is 2.26. The van der Waals surface area contributed by atoms with E-state index in [1.54, 1.807) is 6.92 Å². The van der Waals surface area contributed by atoms with Crippen molar-refractivity contribution in [2.45, 2.75) is 49.2 Å². The Bertz CT molecular complexity index is 465. The summed E-state index contributed by atoms with van der Waals surface area (Å²) in [6.07, 6.45) is -11.8. The van der Waals surface area contributed by atoms with Gasteiger partial charge in [-0.05, 0) is 6.42 Å². The van der Waals surface area contributed by atoms with Crippen LogP contribution in [0.2, 0.25) is 0 Å². The van der Waals surface area contributed by atoms with Crippen molar-refractivity contribution in [1.29, 1.82) is 0 Å². The van der Waals surface area contributed by atoms with Gasteiger partial charge in [0.1, 0.15) is 9.83 Å². The zero-order valence-electron chi connectivity index (χ0n) is 11.8. The first-order chi connectivity index (χ1) is 10.1. The number of rotatable bonds is 3. The molecule has 0 aromatic rings. The van der Waals surface area contributed by atoms with Gasteiger partial charge in [-0.15, -0.1) is 11.6 Å². The van der Waals surface area contributed by atoms with Crippen LogP contribution in [0.3, 0.4) is 0 Å². The summed E-state index contributed by atoms with van der Waals surface area (Å²) in [5.74, 6) is -1.06. The molecule has 0 amide bonds. The van der Waals surface area contributed by atoms with Crippen LogP contribution >= 0.6 is 39.3 Å². The molecule has 0 fully saturated rings. The van der Waals surface area contributed by atoms with Crippen LogP contribution in [-0.2, 0) is 0 Å². The Labute approximate surface area is 147 Å². The third-order valence-corrected chi connectivity index (χ3v) is 6.15. The molecule has 1 heterocycles. The van der Waals surface area contributed by atoms with Gasteiger partial charge in [0.05, 0.1) is 5.70 Å². The molecule has 0 aromatic carbocycles. The quantitative estimate of drug-likeness (QED) is 0.205. The van der Waals surface area contributed by atoms with Crippen molar-refractivity contribution in [3.63, 3.8) is 0 Å². The monoisotopic (exact) mass is 452 g/mol. The maximum atomic E-state index is 14.3. The van der Waals surface area contributed by atoms with Crippen LogP contribution in [0.25, 0.3) is 0 Å². The van der Waals surface area contributed by atoms with Crippen LogP contribution in [0.15, 0.2) is 11.8 Å². The Morgan fingerprint density at radius 2 is 1.61 bits per heavy atom. The zero-order valence-corrected chi connectivity index (χ0v) is 14.9. The van der Waals surface area contributed by atoms with E-state index in [1.165, 1.54) is 6.92 Å². The van der Waals surface area contributed by atoms with Crippen LogP contribution in [0.5, 0.6) is 0 Å². The summed E-state index contributed by atoms with van der Waals surface area (Å²) < 4.78 is 90.3. The van der Waals surface area contributed by atoms with Gasteiger partial charge in [-0.2, -0.15) is 26.3 Å². The molecule has 11 heteroatoms. The van der Waals surface area contributed by atoms with Crippen LogP contribution in [0, 0.1) is 11.3 Å². The molecule has 1 aliphatic heterocycles. The Balaban J connectivity index is 3.58. The second-order valence-electron chi connectivity index (χ2n) is 5.13. The number of allylic oxidation sites excluding steroid dienone is 2. The van der Waals surface area contributed by atoms with Gasteiger partial charge in [-0.25, -0.2) is 4.39 Å². The van der Waals surface area contributed by atoms with Gasteiger partial charge in [-0.1, -0.05) is 42.3 Å². The lowest BCUT2D eigenvalue weighted by Crippen LogP contribution is -2.61. The third-order valence-electron chi connectivity index (χ3n) is 3.41. The molecule has 0 aliphatic carbocycles. The lowest BCUT2D eigenvalue weighted by Gasteiger charge is -2.48. The summed E-state index contributed by atoms with van der Waals surface area (Å²) in [5, 5.41) is -0.0372. The number of hydrogen-bond acceptors (Lipinski definition) is 1. The first-order valence-electron chi connectivity index (χ1n) is 6.37. The van der Waals surface area contributed by atoms with Crippen LogP contribution in [-0.4, -0.2) is 26.9 Å². The van der Waals surface area contributed by atoms with Gasteiger partial charge in [0.25, 0.3) is 0 Å². The van der Waals surface area contributed by atoms with E-state index in [4.69, 9.17) is 23.4 Å². The van der Waals surface area contributed by atoms with Crippen molar-refractivity contribution < 1.29 is 30.7 Å². The molecule has 0 N–H and O–H groups in total. The minimum atomic E-state index is -6.24. The molecule has 0 bridgehead atoms. The van der Waals surface area contributed by atoms with E-state index in [1.807, 2.05) is 0 Å². The third kappa shape index (κ3) is 3.29. The number of nitrogens with zero attached hydrogens (tertiary/aromatic N) is 1. The highest BCUT2D eigenvalue weighted by atomic mass is 79.9. The summed E-state index contributed by atoms with van der Waals surface area (Å²) in [6, 6.07) is 0. The zero-order chi connectivity index (χ0) is 18.4. The van der Waals surface area contributed by atoms with E-state index in [0.717, 1.165) is 0 Å². The lowest BCUT2D eigenvalue weighted by atomic mass is 9.87. The van der Waals surface area contributed by atoms with E-state index < -0.39 is 34.1 Å². The van der Waals surface area contributed by atoms with E-state index >= 15 is 0 Å². The van der Waals surface area contributed by atoms with Gasteiger partial charge < -0.3 is 0 Å². The predicted molar refractivity (Wildman–Crippen MR) is 76.5 cm³/mol. The van der Waals surface area contributed by atoms with Crippen molar-refractivity contribution in [3.05, 3.63) is 17.2 Å².